The second kappa shape index (κ2) is 7.75. The molecular formula is C22H13F5N2O2. The molecule has 0 aliphatic carbocycles. The molecule has 158 valence electrons. The summed E-state index contributed by atoms with van der Waals surface area (Å²) in [6, 6.07) is 14.5. The first-order chi connectivity index (χ1) is 14.7. The van der Waals surface area contributed by atoms with Gasteiger partial charge in [-0.05, 0) is 54.1 Å². The number of aromatic amines is 1. The summed E-state index contributed by atoms with van der Waals surface area (Å²) in [5.74, 6) is -2.39. The monoisotopic (exact) mass is 432 g/mol. The number of rotatable bonds is 4. The van der Waals surface area contributed by atoms with Gasteiger partial charge in [-0.25, -0.2) is 8.78 Å². The quantitative estimate of drug-likeness (QED) is 0.374. The van der Waals surface area contributed by atoms with E-state index in [9.17, 15) is 26.7 Å². The molecule has 0 saturated heterocycles. The highest BCUT2D eigenvalue weighted by molar-refractivity contribution is 6.06. The number of benzene rings is 3. The van der Waals surface area contributed by atoms with Crippen molar-refractivity contribution in [3.05, 3.63) is 84.1 Å². The Morgan fingerprint density at radius 3 is 2.48 bits per heavy atom. The third-order valence-electron chi connectivity index (χ3n) is 4.43. The number of anilines is 1. The fourth-order valence-electron chi connectivity index (χ4n) is 3.12. The van der Waals surface area contributed by atoms with E-state index in [2.05, 4.69) is 15.0 Å². The molecule has 1 heterocycles. The molecule has 4 aromatic rings. The number of amides is 1. The molecule has 0 aliphatic rings. The molecule has 3 aromatic carbocycles. The minimum Gasteiger partial charge on any atom is -0.406 e. The van der Waals surface area contributed by atoms with Crippen LogP contribution in [0.15, 0.2) is 66.7 Å². The topological polar surface area (TPSA) is 54.1 Å². The standard InChI is InChI=1S/C22H13F5N2O2/c23-14-4-6-17(18(24)11-14)12-2-1-3-15(8-12)28-21(30)20-10-13-9-16(31-22(25,26)27)5-7-19(13)29-20/h1-11,29H,(H,28,30). The van der Waals surface area contributed by atoms with E-state index < -0.39 is 29.7 Å². The number of hydrogen-bond acceptors (Lipinski definition) is 2. The SMILES string of the molecule is O=C(Nc1cccc(-c2ccc(F)cc2F)c1)c1cc2cc(OC(F)(F)F)ccc2[nH]1. The largest absolute Gasteiger partial charge is 0.573 e. The lowest BCUT2D eigenvalue weighted by Gasteiger charge is -2.08. The first kappa shape index (κ1) is 20.4. The number of alkyl halides is 3. The van der Waals surface area contributed by atoms with Crippen LogP contribution in [0.25, 0.3) is 22.0 Å². The number of aromatic nitrogens is 1. The summed E-state index contributed by atoms with van der Waals surface area (Å²) in [7, 11) is 0. The van der Waals surface area contributed by atoms with Gasteiger partial charge in [0.05, 0.1) is 0 Å². The van der Waals surface area contributed by atoms with Crippen LogP contribution in [-0.2, 0) is 0 Å². The fraction of sp³-hybridized carbons (Fsp3) is 0.0455. The van der Waals surface area contributed by atoms with E-state index in [1.165, 1.54) is 24.3 Å². The van der Waals surface area contributed by atoms with Gasteiger partial charge in [-0.15, -0.1) is 13.2 Å². The third-order valence-corrected chi connectivity index (χ3v) is 4.43. The normalized spacial score (nSPS) is 11.5. The molecule has 4 rings (SSSR count). The molecule has 1 aromatic heterocycles. The zero-order chi connectivity index (χ0) is 22.2. The Morgan fingerprint density at radius 2 is 1.74 bits per heavy atom. The summed E-state index contributed by atoms with van der Waals surface area (Å²) in [6.45, 7) is 0. The number of ether oxygens (including phenoxy) is 1. The highest BCUT2D eigenvalue weighted by Crippen LogP contribution is 2.28. The predicted octanol–water partition coefficient (Wildman–Crippen LogP) is 6.26. The van der Waals surface area contributed by atoms with E-state index in [0.29, 0.717) is 22.2 Å². The van der Waals surface area contributed by atoms with E-state index in [4.69, 9.17) is 0 Å². The van der Waals surface area contributed by atoms with Gasteiger partial charge in [-0.3, -0.25) is 4.79 Å². The third kappa shape index (κ3) is 4.66. The van der Waals surface area contributed by atoms with Crippen molar-refractivity contribution in [2.75, 3.05) is 5.32 Å². The first-order valence-corrected chi connectivity index (χ1v) is 8.93. The highest BCUT2D eigenvalue weighted by Gasteiger charge is 2.31. The number of fused-ring (bicyclic) bond motifs is 1. The molecule has 4 nitrogen and oxygen atoms in total. The van der Waals surface area contributed by atoms with Crippen LogP contribution in [0.1, 0.15) is 10.5 Å². The van der Waals surface area contributed by atoms with E-state index in [-0.39, 0.29) is 11.3 Å². The molecule has 0 spiro atoms. The summed E-state index contributed by atoms with van der Waals surface area (Å²) in [5.41, 5.74) is 1.51. The highest BCUT2D eigenvalue weighted by atomic mass is 19.4. The van der Waals surface area contributed by atoms with Crippen molar-refractivity contribution in [2.24, 2.45) is 0 Å². The van der Waals surface area contributed by atoms with Crippen molar-refractivity contribution < 1.29 is 31.5 Å². The molecule has 0 unspecified atom stereocenters. The summed E-state index contributed by atoms with van der Waals surface area (Å²) in [4.78, 5) is 15.4. The fourth-order valence-corrected chi connectivity index (χ4v) is 3.12. The number of carbonyl (C=O) groups is 1. The van der Waals surface area contributed by atoms with Gasteiger partial charge in [0.15, 0.2) is 0 Å². The molecule has 2 N–H and O–H groups in total. The van der Waals surface area contributed by atoms with Gasteiger partial charge in [0, 0.05) is 28.2 Å². The van der Waals surface area contributed by atoms with Crippen LogP contribution < -0.4 is 10.1 Å². The van der Waals surface area contributed by atoms with E-state index in [0.717, 1.165) is 24.3 Å². The van der Waals surface area contributed by atoms with Crippen molar-refractivity contribution in [1.82, 2.24) is 4.98 Å². The second-order valence-corrected chi connectivity index (χ2v) is 6.64. The Hall–Kier alpha value is -3.88. The van der Waals surface area contributed by atoms with Crippen LogP contribution >= 0.6 is 0 Å². The smallest absolute Gasteiger partial charge is 0.406 e. The summed E-state index contributed by atoms with van der Waals surface area (Å²) in [6.07, 6.45) is -4.82. The van der Waals surface area contributed by atoms with E-state index in [1.807, 2.05) is 0 Å². The number of halogens is 5. The Bertz CT molecular complexity index is 1280. The van der Waals surface area contributed by atoms with Crippen LogP contribution in [0.5, 0.6) is 5.75 Å². The number of hydrogen-bond donors (Lipinski definition) is 2. The summed E-state index contributed by atoms with van der Waals surface area (Å²) >= 11 is 0. The van der Waals surface area contributed by atoms with Gasteiger partial charge in [0.2, 0.25) is 0 Å². The maximum Gasteiger partial charge on any atom is 0.573 e. The van der Waals surface area contributed by atoms with Crippen molar-refractivity contribution in [2.45, 2.75) is 6.36 Å². The average Bonchev–Trinajstić information content (AvgIpc) is 3.10. The number of H-pyrrole nitrogens is 1. The number of nitrogens with one attached hydrogen (secondary N) is 2. The zero-order valence-corrected chi connectivity index (χ0v) is 15.6. The van der Waals surface area contributed by atoms with Crippen LogP contribution in [0, 0.1) is 11.6 Å². The van der Waals surface area contributed by atoms with Gasteiger partial charge >= 0.3 is 6.36 Å². The van der Waals surface area contributed by atoms with Gasteiger partial charge < -0.3 is 15.0 Å². The Balaban J connectivity index is 1.56. The van der Waals surface area contributed by atoms with Crippen LogP contribution in [-0.4, -0.2) is 17.3 Å². The minimum absolute atomic E-state index is 0.109. The van der Waals surface area contributed by atoms with Crippen LogP contribution in [0.2, 0.25) is 0 Å². The Morgan fingerprint density at radius 1 is 0.935 bits per heavy atom. The van der Waals surface area contributed by atoms with E-state index in [1.54, 1.807) is 18.2 Å². The average molecular weight is 432 g/mol. The zero-order valence-electron chi connectivity index (χ0n) is 15.6. The van der Waals surface area contributed by atoms with Crippen molar-refractivity contribution >= 4 is 22.5 Å². The predicted molar refractivity (Wildman–Crippen MR) is 105 cm³/mol. The van der Waals surface area contributed by atoms with Crippen molar-refractivity contribution in [3.63, 3.8) is 0 Å². The lowest BCUT2D eigenvalue weighted by Crippen LogP contribution is -2.16. The van der Waals surface area contributed by atoms with Crippen molar-refractivity contribution in [3.8, 4) is 16.9 Å². The molecular weight excluding hydrogens is 419 g/mol. The van der Waals surface area contributed by atoms with Gasteiger partial charge in [0.1, 0.15) is 23.1 Å². The molecule has 0 fully saturated rings. The van der Waals surface area contributed by atoms with Crippen LogP contribution in [0.3, 0.4) is 0 Å². The summed E-state index contributed by atoms with van der Waals surface area (Å²) in [5, 5.41) is 2.99. The first-order valence-electron chi connectivity index (χ1n) is 8.93. The molecule has 9 heteroatoms. The minimum atomic E-state index is -4.82. The van der Waals surface area contributed by atoms with Crippen LogP contribution in [0.4, 0.5) is 27.6 Å². The molecule has 0 atom stereocenters. The molecule has 0 radical (unpaired) electrons. The second-order valence-electron chi connectivity index (χ2n) is 6.64. The number of carbonyl (C=O) groups excluding carboxylic acids is 1. The molecule has 0 bridgehead atoms. The molecule has 31 heavy (non-hydrogen) atoms. The lowest BCUT2D eigenvalue weighted by molar-refractivity contribution is -0.274. The Kier molecular flexibility index (Phi) is 5.10. The van der Waals surface area contributed by atoms with Gasteiger partial charge in [0.25, 0.3) is 5.91 Å². The van der Waals surface area contributed by atoms with Gasteiger partial charge in [-0.1, -0.05) is 12.1 Å². The molecule has 1 amide bonds. The molecule has 0 saturated carbocycles. The van der Waals surface area contributed by atoms with Crippen molar-refractivity contribution in [1.29, 1.82) is 0 Å². The Labute approximate surface area is 172 Å². The maximum atomic E-state index is 14.0. The van der Waals surface area contributed by atoms with E-state index >= 15 is 0 Å². The summed E-state index contributed by atoms with van der Waals surface area (Å²) < 4.78 is 68.2. The lowest BCUT2D eigenvalue weighted by atomic mass is 10.0. The molecule has 0 aliphatic heterocycles. The maximum absolute atomic E-state index is 14.0. The van der Waals surface area contributed by atoms with Gasteiger partial charge in [-0.2, -0.15) is 0 Å².